The highest BCUT2D eigenvalue weighted by Crippen LogP contribution is 2.26. The van der Waals surface area contributed by atoms with E-state index in [1.807, 2.05) is 19.1 Å². The molecule has 1 aromatic heterocycles. The van der Waals surface area contributed by atoms with Gasteiger partial charge in [0.1, 0.15) is 12.3 Å². The van der Waals surface area contributed by atoms with E-state index in [1.165, 1.54) is 0 Å². The van der Waals surface area contributed by atoms with Crippen LogP contribution < -0.4 is 9.47 Å². The number of hydrogen-bond acceptors (Lipinski definition) is 5. The lowest BCUT2D eigenvalue weighted by Crippen LogP contribution is -2.10. The highest BCUT2D eigenvalue weighted by atomic mass is 16.5. The first kappa shape index (κ1) is 14.8. The Morgan fingerprint density at radius 3 is 2.71 bits per heavy atom. The number of aromatic nitrogens is 3. The van der Waals surface area contributed by atoms with E-state index in [0.29, 0.717) is 30.0 Å². The number of para-hydroxylation sites is 2. The van der Waals surface area contributed by atoms with Crippen LogP contribution in [-0.4, -0.2) is 28.4 Å². The molecule has 0 amide bonds. The van der Waals surface area contributed by atoms with Crippen LogP contribution in [0.4, 0.5) is 0 Å². The van der Waals surface area contributed by atoms with Crippen LogP contribution in [0.15, 0.2) is 36.4 Å². The smallest absolute Gasteiger partial charge is 0.172 e. The van der Waals surface area contributed by atoms with Gasteiger partial charge in [-0.3, -0.25) is 4.79 Å². The van der Waals surface area contributed by atoms with Crippen LogP contribution in [0, 0.1) is 0 Å². The van der Waals surface area contributed by atoms with Crippen LogP contribution in [0.5, 0.6) is 11.5 Å². The zero-order chi connectivity index (χ0) is 15.2. The summed E-state index contributed by atoms with van der Waals surface area (Å²) in [6.07, 6.45) is 0.669. The summed E-state index contributed by atoms with van der Waals surface area (Å²) in [6.45, 7) is 6.38. The molecular formula is C15H17N3O3. The zero-order valence-corrected chi connectivity index (χ0v) is 12.1. The second kappa shape index (κ2) is 6.69. The van der Waals surface area contributed by atoms with Crippen LogP contribution in [0.2, 0.25) is 0 Å². The predicted molar refractivity (Wildman–Crippen MR) is 77.5 cm³/mol. The van der Waals surface area contributed by atoms with Gasteiger partial charge in [-0.15, -0.1) is 5.10 Å². The SMILES string of the molecule is C=C(C)Cn1nnc(C=O)c1COc1ccccc1OC. The number of benzene rings is 1. The number of carbonyl (C=O) groups excluding carboxylic acids is 1. The summed E-state index contributed by atoms with van der Waals surface area (Å²) in [4.78, 5) is 11.0. The van der Waals surface area contributed by atoms with E-state index in [0.717, 1.165) is 5.57 Å². The van der Waals surface area contributed by atoms with Crippen LogP contribution in [-0.2, 0) is 13.2 Å². The fourth-order valence-corrected chi connectivity index (χ4v) is 1.85. The molecule has 0 saturated carbocycles. The Morgan fingerprint density at radius 2 is 2.10 bits per heavy atom. The molecule has 2 rings (SSSR count). The van der Waals surface area contributed by atoms with Crippen LogP contribution >= 0.6 is 0 Å². The van der Waals surface area contributed by atoms with Gasteiger partial charge in [0.25, 0.3) is 0 Å². The van der Waals surface area contributed by atoms with E-state index in [1.54, 1.807) is 23.9 Å². The molecule has 0 radical (unpaired) electrons. The largest absolute Gasteiger partial charge is 0.493 e. The standard InChI is InChI=1S/C15H17N3O3/c1-11(2)8-18-13(12(9-19)16-17-18)10-21-15-7-5-4-6-14(15)20-3/h4-7,9H,1,8,10H2,2-3H3. The molecule has 0 aliphatic carbocycles. The third-order valence-electron chi connectivity index (χ3n) is 2.83. The second-order valence-corrected chi connectivity index (χ2v) is 4.59. The van der Waals surface area contributed by atoms with Crippen molar-refractivity contribution in [1.29, 1.82) is 0 Å². The molecule has 0 atom stereocenters. The molecule has 0 fully saturated rings. The summed E-state index contributed by atoms with van der Waals surface area (Å²) in [7, 11) is 1.58. The quantitative estimate of drug-likeness (QED) is 0.577. The van der Waals surface area contributed by atoms with Crippen molar-refractivity contribution in [3.8, 4) is 11.5 Å². The molecule has 21 heavy (non-hydrogen) atoms. The number of methoxy groups -OCH3 is 1. The van der Waals surface area contributed by atoms with Gasteiger partial charge in [-0.05, 0) is 19.1 Å². The number of ether oxygens (including phenoxy) is 2. The molecule has 0 aliphatic rings. The van der Waals surface area contributed by atoms with Crippen LogP contribution in [0.3, 0.4) is 0 Å². The predicted octanol–water partition coefficient (Wildman–Crippen LogP) is 2.25. The average molecular weight is 287 g/mol. The normalized spacial score (nSPS) is 10.2. The Kier molecular flexibility index (Phi) is 4.71. The first-order valence-corrected chi connectivity index (χ1v) is 6.43. The lowest BCUT2D eigenvalue weighted by Gasteiger charge is -2.11. The number of allylic oxidation sites excluding steroid dienone is 1. The van der Waals surface area contributed by atoms with E-state index in [9.17, 15) is 4.79 Å². The summed E-state index contributed by atoms with van der Waals surface area (Å²) < 4.78 is 12.6. The number of rotatable bonds is 7. The summed E-state index contributed by atoms with van der Waals surface area (Å²) >= 11 is 0. The van der Waals surface area contributed by atoms with Crippen molar-refractivity contribution in [3.63, 3.8) is 0 Å². The second-order valence-electron chi connectivity index (χ2n) is 4.59. The molecule has 1 aromatic carbocycles. The van der Waals surface area contributed by atoms with Gasteiger partial charge in [-0.25, -0.2) is 4.68 Å². The Bertz CT molecular complexity index is 649. The van der Waals surface area contributed by atoms with Gasteiger partial charge >= 0.3 is 0 Å². The molecule has 110 valence electrons. The first-order valence-electron chi connectivity index (χ1n) is 6.43. The first-order chi connectivity index (χ1) is 10.2. The molecule has 1 heterocycles. The maximum atomic E-state index is 11.0. The van der Waals surface area contributed by atoms with Gasteiger partial charge < -0.3 is 9.47 Å². The van der Waals surface area contributed by atoms with Crippen LogP contribution in [0.1, 0.15) is 23.1 Å². The van der Waals surface area contributed by atoms with Gasteiger partial charge in [0.2, 0.25) is 0 Å². The van der Waals surface area contributed by atoms with Crippen molar-refractivity contribution in [2.45, 2.75) is 20.1 Å². The van der Waals surface area contributed by atoms with E-state index in [2.05, 4.69) is 16.9 Å². The average Bonchev–Trinajstić information content (AvgIpc) is 2.86. The lowest BCUT2D eigenvalue weighted by molar-refractivity contribution is 0.111. The molecular weight excluding hydrogens is 270 g/mol. The Labute approximate surface area is 123 Å². The highest BCUT2D eigenvalue weighted by molar-refractivity contribution is 5.73. The van der Waals surface area contributed by atoms with E-state index < -0.39 is 0 Å². The minimum atomic E-state index is 0.175. The van der Waals surface area contributed by atoms with Gasteiger partial charge in [-0.2, -0.15) is 0 Å². The Morgan fingerprint density at radius 1 is 1.38 bits per heavy atom. The van der Waals surface area contributed by atoms with Crippen molar-refractivity contribution in [3.05, 3.63) is 47.8 Å². The number of aldehydes is 1. The summed E-state index contributed by atoms with van der Waals surface area (Å²) in [5.41, 5.74) is 1.79. The molecule has 2 aromatic rings. The van der Waals surface area contributed by atoms with E-state index in [-0.39, 0.29) is 12.3 Å². The minimum absolute atomic E-state index is 0.175. The molecule has 0 saturated heterocycles. The van der Waals surface area contributed by atoms with Gasteiger partial charge in [-0.1, -0.05) is 29.5 Å². The van der Waals surface area contributed by atoms with Crippen molar-refractivity contribution in [2.24, 2.45) is 0 Å². The fourth-order valence-electron chi connectivity index (χ4n) is 1.85. The fraction of sp³-hybridized carbons (Fsp3) is 0.267. The Balaban J connectivity index is 2.20. The van der Waals surface area contributed by atoms with Gasteiger partial charge in [0, 0.05) is 0 Å². The zero-order valence-electron chi connectivity index (χ0n) is 12.1. The van der Waals surface area contributed by atoms with Crippen molar-refractivity contribution < 1.29 is 14.3 Å². The maximum absolute atomic E-state index is 11.0. The molecule has 0 spiro atoms. The van der Waals surface area contributed by atoms with Crippen molar-refractivity contribution >= 4 is 6.29 Å². The minimum Gasteiger partial charge on any atom is -0.493 e. The topological polar surface area (TPSA) is 66.2 Å². The molecule has 0 N–H and O–H groups in total. The highest BCUT2D eigenvalue weighted by Gasteiger charge is 2.14. The monoisotopic (exact) mass is 287 g/mol. The molecule has 6 heteroatoms. The van der Waals surface area contributed by atoms with E-state index in [4.69, 9.17) is 9.47 Å². The third-order valence-corrected chi connectivity index (χ3v) is 2.83. The van der Waals surface area contributed by atoms with E-state index >= 15 is 0 Å². The molecule has 6 nitrogen and oxygen atoms in total. The summed E-state index contributed by atoms with van der Waals surface area (Å²) in [5.74, 6) is 1.23. The van der Waals surface area contributed by atoms with Gasteiger partial charge in [0.05, 0.1) is 13.7 Å². The lowest BCUT2D eigenvalue weighted by atomic mass is 10.3. The number of carbonyl (C=O) groups is 1. The maximum Gasteiger partial charge on any atom is 0.172 e. The third kappa shape index (κ3) is 3.47. The summed E-state index contributed by atoms with van der Waals surface area (Å²) in [6, 6.07) is 7.31. The number of nitrogens with zero attached hydrogens (tertiary/aromatic N) is 3. The summed E-state index contributed by atoms with van der Waals surface area (Å²) in [5, 5.41) is 7.78. The van der Waals surface area contributed by atoms with Crippen molar-refractivity contribution in [1.82, 2.24) is 15.0 Å². The van der Waals surface area contributed by atoms with Crippen LogP contribution in [0.25, 0.3) is 0 Å². The van der Waals surface area contributed by atoms with Crippen molar-refractivity contribution in [2.75, 3.05) is 7.11 Å². The van der Waals surface area contributed by atoms with Gasteiger partial charge in [0.15, 0.2) is 23.5 Å². The number of hydrogen-bond donors (Lipinski definition) is 0. The molecule has 0 aliphatic heterocycles. The molecule has 0 bridgehead atoms. The Hall–Kier alpha value is -2.63. The molecule has 0 unspecified atom stereocenters.